The summed E-state index contributed by atoms with van der Waals surface area (Å²) in [5.74, 6) is -0.322. The molecule has 3 N–H and O–H groups in total. The van der Waals surface area contributed by atoms with E-state index in [1.54, 1.807) is 6.07 Å². The normalized spacial score (nSPS) is 11.2. The molecule has 0 atom stereocenters. The Bertz CT molecular complexity index is 877. The van der Waals surface area contributed by atoms with E-state index in [4.69, 9.17) is 0 Å². The quantitative estimate of drug-likeness (QED) is 0.741. The Balaban J connectivity index is 2.39. The highest BCUT2D eigenvalue weighted by Gasteiger charge is 2.33. The monoisotopic (exact) mass is 336 g/mol. The van der Waals surface area contributed by atoms with Gasteiger partial charge in [-0.2, -0.15) is 0 Å². The number of carbonyl (C=O) groups is 1. The molecular formula is C20H19NO2P+. The smallest absolute Gasteiger partial charge is 0.309 e. The molecule has 3 nitrogen and oxygen atoms in total. The molecule has 0 spiro atoms. The van der Waals surface area contributed by atoms with Gasteiger partial charge in [-0.15, -0.1) is 0 Å². The lowest BCUT2D eigenvalue weighted by atomic mass is 10.1. The van der Waals surface area contributed by atoms with Crippen LogP contribution in [0.25, 0.3) is 0 Å². The molecule has 3 aromatic carbocycles. The summed E-state index contributed by atoms with van der Waals surface area (Å²) in [5.41, 5.74) is 4.91. The Hall–Kier alpha value is -2.48. The van der Waals surface area contributed by atoms with E-state index in [1.165, 1.54) is 0 Å². The van der Waals surface area contributed by atoms with Crippen LogP contribution in [0.5, 0.6) is 0 Å². The highest BCUT2D eigenvalue weighted by Crippen LogP contribution is 2.43. The minimum absolute atomic E-state index is 0.322. The molecule has 0 heterocycles. The molecular weight excluding hydrogens is 317 g/mol. The molecule has 0 aliphatic carbocycles. The standard InChI is InChI=1S/C20H18NO2P/c1-15-12-13-18(20(21)22)19(14-15)24(23,16-8-4-2-5-9-16)17-10-6-3-7-11-17/h2-14H,1H3,(H2,21,22)/p+1. The summed E-state index contributed by atoms with van der Waals surface area (Å²) in [6.45, 7) is 1.93. The van der Waals surface area contributed by atoms with Crippen LogP contribution in [0.2, 0.25) is 0 Å². The largest absolute Gasteiger partial charge is 0.341 e. The van der Waals surface area contributed by atoms with Gasteiger partial charge in [0.15, 0.2) is 7.14 Å². The lowest BCUT2D eigenvalue weighted by Crippen LogP contribution is -2.58. The first-order valence-electron chi connectivity index (χ1n) is 7.72. The van der Waals surface area contributed by atoms with Crippen molar-refractivity contribution < 1.29 is 15.1 Å². The van der Waals surface area contributed by atoms with Crippen LogP contribution in [0.15, 0.2) is 78.9 Å². The maximum atomic E-state index is 14.3. The average Bonchev–Trinajstić information content (AvgIpc) is 2.62. The maximum absolute atomic E-state index is 14.3. The molecule has 0 aromatic heterocycles. The number of benzene rings is 3. The first-order valence-corrected chi connectivity index (χ1v) is 9.43. The zero-order valence-corrected chi connectivity index (χ0v) is 14.4. The van der Waals surface area contributed by atoms with Gasteiger partial charge in [-0.3, -0.25) is 5.73 Å². The van der Waals surface area contributed by atoms with Crippen molar-refractivity contribution in [3.8, 4) is 0 Å². The Morgan fingerprint density at radius 1 is 0.833 bits per heavy atom. The molecule has 0 saturated carbocycles. The molecule has 0 bridgehead atoms. The maximum Gasteiger partial charge on any atom is 0.341 e. The van der Waals surface area contributed by atoms with Crippen molar-refractivity contribution in [3.63, 3.8) is 0 Å². The van der Waals surface area contributed by atoms with E-state index in [9.17, 15) is 9.36 Å². The van der Waals surface area contributed by atoms with Crippen molar-refractivity contribution in [1.29, 1.82) is 0 Å². The van der Waals surface area contributed by atoms with Gasteiger partial charge in [-0.25, -0.2) is 4.79 Å². The number of rotatable bonds is 4. The van der Waals surface area contributed by atoms with Gasteiger partial charge < -0.3 is 4.57 Å². The van der Waals surface area contributed by atoms with Crippen LogP contribution < -0.4 is 21.6 Å². The summed E-state index contributed by atoms with van der Waals surface area (Å²) >= 11 is 0. The number of aryl methyl sites for hydroxylation is 1. The molecule has 1 amide bonds. The molecule has 3 aromatic rings. The van der Waals surface area contributed by atoms with E-state index < -0.39 is 7.14 Å². The van der Waals surface area contributed by atoms with Gasteiger partial charge in [-0.05, 0) is 19.1 Å². The van der Waals surface area contributed by atoms with Crippen molar-refractivity contribution in [1.82, 2.24) is 0 Å². The number of amides is 1. The third-order valence-electron chi connectivity index (χ3n) is 4.03. The Morgan fingerprint density at radius 2 is 1.33 bits per heavy atom. The van der Waals surface area contributed by atoms with Gasteiger partial charge in [0.2, 0.25) is 0 Å². The molecule has 0 aliphatic heterocycles. The third kappa shape index (κ3) is 2.84. The lowest BCUT2D eigenvalue weighted by Gasteiger charge is -2.21. The zero-order valence-electron chi connectivity index (χ0n) is 13.5. The fourth-order valence-corrected chi connectivity index (χ4v) is 5.80. The molecule has 4 heteroatoms. The van der Waals surface area contributed by atoms with Gasteiger partial charge in [-0.1, -0.05) is 72.3 Å². The van der Waals surface area contributed by atoms with Gasteiger partial charge in [0.1, 0.15) is 0 Å². The highest BCUT2D eigenvalue weighted by atomic mass is 31.2. The summed E-state index contributed by atoms with van der Waals surface area (Å²) in [6.07, 6.45) is 0. The second kappa shape index (κ2) is 6.56. The second-order valence-electron chi connectivity index (χ2n) is 5.72. The SMILES string of the molecule is Cc1ccc(C([NH3+])=O)c(P(=O)(c2ccccc2)c2ccccc2)c1. The average molecular weight is 336 g/mol. The van der Waals surface area contributed by atoms with Crippen molar-refractivity contribution in [2.24, 2.45) is 0 Å². The molecule has 0 fully saturated rings. The summed E-state index contributed by atoms with van der Waals surface area (Å²) in [5, 5.41) is 1.98. The van der Waals surface area contributed by atoms with Crippen LogP contribution in [-0.2, 0) is 4.57 Å². The predicted molar refractivity (Wildman–Crippen MR) is 97.8 cm³/mol. The van der Waals surface area contributed by atoms with Crippen LogP contribution in [0, 0.1) is 6.92 Å². The van der Waals surface area contributed by atoms with E-state index in [0.29, 0.717) is 21.5 Å². The first kappa shape index (κ1) is 16.4. The minimum Gasteiger partial charge on any atom is -0.309 e. The van der Waals surface area contributed by atoms with Crippen LogP contribution in [0.1, 0.15) is 15.9 Å². The van der Waals surface area contributed by atoms with E-state index in [2.05, 4.69) is 5.73 Å². The van der Waals surface area contributed by atoms with Crippen LogP contribution in [0.3, 0.4) is 0 Å². The number of carbonyl (C=O) groups excluding carboxylic acids is 1. The molecule has 120 valence electrons. The van der Waals surface area contributed by atoms with Gasteiger partial charge in [0.25, 0.3) is 0 Å². The molecule has 0 saturated heterocycles. The van der Waals surface area contributed by atoms with Crippen molar-refractivity contribution in [2.75, 3.05) is 0 Å². The van der Waals surface area contributed by atoms with E-state index >= 15 is 0 Å². The highest BCUT2D eigenvalue weighted by molar-refractivity contribution is 7.85. The molecule has 0 radical (unpaired) electrons. The fourth-order valence-electron chi connectivity index (χ4n) is 2.84. The number of hydrogen-bond donors (Lipinski definition) is 1. The molecule has 24 heavy (non-hydrogen) atoms. The van der Waals surface area contributed by atoms with E-state index in [1.807, 2.05) is 79.7 Å². The lowest BCUT2D eigenvalue weighted by molar-refractivity contribution is -0.254. The second-order valence-corrected chi connectivity index (χ2v) is 8.46. The topological polar surface area (TPSA) is 61.8 Å². The Labute approximate surface area is 141 Å². The van der Waals surface area contributed by atoms with Crippen molar-refractivity contribution in [2.45, 2.75) is 6.92 Å². The third-order valence-corrected chi connectivity index (χ3v) is 7.13. The predicted octanol–water partition coefficient (Wildman–Crippen LogP) is 2.02. The van der Waals surface area contributed by atoms with Gasteiger partial charge >= 0.3 is 5.91 Å². The summed E-state index contributed by atoms with van der Waals surface area (Å²) < 4.78 is 14.3. The fraction of sp³-hybridized carbons (Fsp3) is 0.0500. The van der Waals surface area contributed by atoms with Crippen LogP contribution in [0.4, 0.5) is 0 Å². The molecule has 0 unspecified atom stereocenters. The van der Waals surface area contributed by atoms with Gasteiger partial charge in [0.05, 0.1) is 5.56 Å². The zero-order chi connectivity index (χ0) is 17.2. The van der Waals surface area contributed by atoms with E-state index in [0.717, 1.165) is 5.56 Å². The Morgan fingerprint density at radius 3 is 1.79 bits per heavy atom. The molecule has 0 aliphatic rings. The summed E-state index contributed by atoms with van der Waals surface area (Å²) in [7, 11) is -3.16. The van der Waals surface area contributed by atoms with Crippen molar-refractivity contribution >= 4 is 29.0 Å². The van der Waals surface area contributed by atoms with Gasteiger partial charge in [0, 0.05) is 15.9 Å². The minimum atomic E-state index is -3.16. The first-order chi connectivity index (χ1) is 11.5. The molecule has 3 rings (SSSR count). The summed E-state index contributed by atoms with van der Waals surface area (Å²) in [6, 6.07) is 24.1. The van der Waals surface area contributed by atoms with Crippen LogP contribution in [-0.4, -0.2) is 5.91 Å². The number of hydrogen-bond acceptors (Lipinski definition) is 2. The van der Waals surface area contributed by atoms with Crippen LogP contribution >= 0.6 is 7.14 Å². The van der Waals surface area contributed by atoms with E-state index in [-0.39, 0.29) is 5.91 Å². The van der Waals surface area contributed by atoms with Crippen molar-refractivity contribution in [3.05, 3.63) is 90.0 Å². The number of quaternary nitrogens is 1. The summed E-state index contributed by atoms with van der Waals surface area (Å²) in [4.78, 5) is 12.1. The Kier molecular flexibility index (Phi) is 4.48.